The molecule has 0 amide bonds. The molecule has 0 unspecified atom stereocenters. The molecule has 5 heteroatoms. The summed E-state index contributed by atoms with van der Waals surface area (Å²) in [5, 5.41) is 14.4. The molecular formula is C15H17N5. The lowest BCUT2D eigenvalue weighted by atomic mass is 10.1. The van der Waals surface area contributed by atoms with E-state index in [0.717, 1.165) is 18.8 Å². The Morgan fingerprint density at radius 1 is 1.15 bits per heavy atom. The van der Waals surface area contributed by atoms with Crippen molar-refractivity contribution in [3.8, 4) is 6.19 Å². The van der Waals surface area contributed by atoms with E-state index < -0.39 is 0 Å². The molecule has 0 saturated heterocycles. The summed E-state index contributed by atoms with van der Waals surface area (Å²) in [6, 6.07) is 10.2. The Balaban J connectivity index is 1.95. The van der Waals surface area contributed by atoms with E-state index in [9.17, 15) is 0 Å². The number of anilines is 2. The molecule has 0 aliphatic heterocycles. The first-order valence-corrected chi connectivity index (χ1v) is 6.47. The summed E-state index contributed by atoms with van der Waals surface area (Å²) in [7, 11) is 0. The van der Waals surface area contributed by atoms with Crippen molar-refractivity contribution >= 4 is 11.6 Å². The van der Waals surface area contributed by atoms with Crippen LogP contribution in [0.3, 0.4) is 0 Å². The second-order valence-electron chi connectivity index (χ2n) is 4.59. The number of hydrogen-bond donors (Lipinski definition) is 2. The summed E-state index contributed by atoms with van der Waals surface area (Å²) in [6.45, 7) is 4.67. The summed E-state index contributed by atoms with van der Waals surface area (Å²) in [6.07, 6.45) is 2.78. The number of nitriles is 1. The standard InChI is InChI=1S/C15H17N5/c1-11-4-3-5-13(8-11)6-7-17-14-9-15(18-10-16)20-12(2)19-14/h3-5,8-9H,6-7H2,1-2H3,(H2,17,18,19,20). The summed E-state index contributed by atoms with van der Waals surface area (Å²) in [4.78, 5) is 8.41. The summed E-state index contributed by atoms with van der Waals surface area (Å²) < 4.78 is 0. The van der Waals surface area contributed by atoms with E-state index in [1.54, 1.807) is 13.0 Å². The van der Waals surface area contributed by atoms with Crippen molar-refractivity contribution < 1.29 is 0 Å². The molecule has 1 heterocycles. The zero-order valence-electron chi connectivity index (χ0n) is 11.6. The van der Waals surface area contributed by atoms with E-state index in [2.05, 4.69) is 51.8 Å². The molecule has 2 rings (SSSR count). The SMILES string of the molecule is Cc1cccc(CCNc2cc(NC#N)nc(C)n2)c1. The summed E-state index contributed by atoms with van der Waals surface area (Å²) in [5.74, 6) is 1.87. The van der Waals surface area contributed by atoms with Gasteiger partial charge >= 0.3 is 0 Å². The number of nitrogens with zero attached hydrogens (tertiary/aromatic N) is 3. The average molecular weight is 267 g/mol. The molecule has 0 aliphatic rings. The molecule has 2 N–H and O–H groups in total. The molecule has 0 atom stereocenters. The normalized spacial score (nSPS) is 9.85. The first-order chi connectivity index (χ1) is 9.67. The first kappa shape index (κ1) is 13.8. The number of nitrogens with one attached hydrogen (secondary N) is 2. The highest BCUT2D eigenvalue weighted by Gasteiger charge is 2.01. The van der Waals surface area contributed by atoms with Crippen LogP contribution in [0, 0.1) is 25.3 Å². The largest absolute Gasteiger partial charge is 0.370 e. The van der Waals surface area contributed by atoms with Gasteiger partial charge in [-0.15, -0.1) is 0 Å². The van der Waals surface area contributed by atoms with Gasteiger partial charge in [-0.2, -0.15) is 5.26 Å². The maximum atomic E-state index is 8.61. The van der Waals surface area contributed by atoms with E-state index >= 15 is 0 Å². The summed E-state index contributed by atoms with van der Waals surface area (Å²) >= 11 is 0. The van der Waals surface area contributed by atoms with Gasteiger partial charge in [-0.25, -0.2) is 9.97 Å². The molecule has 0 aliphatic carbocycles. The second-order valence-corrected chi connectivity index (χ2v) is 4.59. The lowest BCUT2D eigenvalue weighted by Gasteiger charge is -2.08. The average Bonchev–Trinajstić information content (AvgIpc) is 2.38. The molecule has 102 valence electrons. The van der Waals surface area contributed by atoms with E-state index in [-0.39, 0.29) is 0 Å². The van der Waals surface area contributed by atoms with Gasteiger partial charge in [0.1, 0.15) is 17.5 Å². The number of rotatable bonds is 5. The van der Waals surface area contributed by atoms with E-state index in [4.69, 9.17) is 5.26 Å². The Labute approximate surface area is 118 Å². The first-order valence-electron chi connectivity index (χ1n) is 6.47. The molecule has 0 fully saturated rings. The number of aromatic nitrogens is 2. The lowest BCUT2D eigenvalue weighted by Crippen LogP contribution is -2.08. The fourth-order valence-corrected chi connectivity index (χ4v) is 1.98. The zero-order valence-corrected chi connectivity index (χ0v) is 11.6. The maximum Gasteiger partial charge on any atom is 0.182 e. The Morgan fingerprint density at radius 2 is 1.95 bits per heavy atom. The molecule has 0 saturated carbocycles. The van der Waals surface area contributed by atoms with Gasteiger partial charge in [0.05, 0.1) is 0 Å². The predicted octanol–water partition coefficient (Wildman–Crippen LogP) is 2.64. The highest BCUT2D eigenvalue weighted by atomic mass is 15.1. The number of hydrogen-bond acceptors (Lipinski definition) is 5. The van der Waals surface area contributed by atoms with Crippen molar-refractivity contribution in [3.05, 3.63) is 47.3 Å². The Hall–Kier alpha value is -2.61. The Morgan fingerprint density at radius 3 is 2.70 bits per heavy atom. The van der Waals surface area contributed by atoms with E-state index in [1.807, 2.05) is 6.19 Å². The van der Waals surface area contributed by atoms with Crippen LogP contribution in [-0.2, 0) is 6.42 Å². The third kappa shape index (κ3) is 3.95. The fraction of sp³-hybridized carbons (Fsp3) is 0.267. The van der Waals surface area contributed by atoms with Crippen LogP contribution in [0.15, 0.2) is 30.3 Å². The van der Waals surface area contributed by atoms with Gasteiger partial charge in [0, 0.05) is 12.6 Å². The minimum absolute atomic E-state index is 0.512. The Kier molecular flexibility index (Phi) is 4.51. The van der Waals surface area contributed by atoms with Crippen LogP contribution in [0.4, 0.5) is 11.6 Å². The molecular weight excluding hydrogens is 250 g/mol. The van der Waals surface area contributed by atoms with E-state index in [0.29, 0.717) is 11.6 Å². The lowest BCUT2D eigenvalue weighted by molar-refractivity contribution is 0.981. The smallest absolute Gasteiger partial charge is 0.182 e. The van der Waals surface area contributed by atoms with Crippen molar-refractivity contribution in [2.45, 2.75) is 20.3 Å². The molecule has 1 aromatic heterocycles. The van der Waals surface area contributed by atoms with Crippen molar-refractivity contribution in [1.29, 1.82) is 5.26 Å². The monoisotopic (exact) mass is 267 g/mol. The molecule has 20 heavy (non-hydrogen) atoms. The van der Waals surface area contributed by atoms with E-state index in [1.165, 1.54) is 11.1 Å². The maximum absolute atomic E-state index is 8.61. The highest BCUT2D eigenvalue weighted by Crippen LogP contribution is 2.11. The number of aryl methyl sites for hydroxylation is 2. The molecule has 0 spiro atoms. The molecule has 0 radical (unpaired) electrons. The highest BCUT2D eigenvalue weighted by molar-refractivity contribution is 5.49. The van der Waals surface area contributed by atoms with Gasteiger partial charge in [-0.3, -0.25) is 5.32 Å². The van der Waals surface area contributed by atoms with Crippen molar-refractivity contribution in [2.75, 3.05) is 17.2 Å². The third-order valence-electron chi connectivity index (χ3n) is 2.82. The van der Waals surface area contributed by atoms with Crippen molar-refractivity contribution in [3.63, 3.8) is 0 Å². The van der Waals surface area contributed by atoms with Crippen LogP contribution < -0.4 is 10.6 Å². The molecule has 0 bridgehead atoms. The van der Waals surface area contributed by atoms with Gasteiger partial charge in [0.25, 0.3) is 0 Å². The van der Waals surface area contributed by atoms with Gasteiger partial charge in [-0.05, 0) is 25.8 Å². The zero-order chi connectivity index (χ0) is 14.4. The number of benzene rings is 1. The molecule has 1 aromatic carbocycles. The minimum atomic E-state index is 0.512. The van der Waals surface area contributed by atoms with Crippen molar-refractivity contribution in [1.82, 2.24) is 9.97 Å². The third-order valence-corrected chi connectivity index (χ3v) is 2.82. The van der Waals surface area contributed by atoms with Gasteiger partial charge < -0.3 is 5.32 Å². The van der Waals surface area contributed by atoms with Crippen LogP contribution >= 0.6 is 0 Å². The summed E-state index contributed by atoms with van der Waals surface area (Å²) in [5.41, 5.74) is 2.56. The van der Waals surface area contributed by atoms with Gasteiger partial charge in [0.2, 0.25) is 0 Å². The second kappa shape index (κ2) is 6.53. The minimum Gasteiger partial charge on any atom is -0.370 e. The molecule has 5 nitrogen and oxygen atoms in total. The quantitative estimate of drug-likeness (QED) is 0.643. The van der Waals surface area contributed by atoms with Crippen LogP contribution in [0.2, 0.25) is 0 Å². The van der Waals surface area contributed by atoms with Crippen LogP contribution in [0.25, 0.3) is 0 Å². The van der Waals surface area contributed by atoms with Crippen LogP contribution in [-0.4, -0.2) is 16.5 Å². The van der Waals surface area contributed by atoms with Crippen LogP contribution in [0.5, 0.6) is 0 Å². The topological polar surface area (TPSA) is 73.6 Å². The predicted molar refractivity (Wildman–Crippen MR) is 79.4 cm³/mol. The van der Waals surface area contributed by atoms with Crippen molar-refractivity contribution in [2.24, 2.45) is 0 Å². The molecule has 2 aromatic rings. The Bertz CT molecular complexity index is 630. The fourth-order valence-electron chi connectivity index (χ4n) is 1.98. The van der Waals surface area contributed by atoms with Crippen LogP contribution in [0.1, 0.15) is 17.0 Å². The van der Waals surface area contributed by atoms with Gasteiger partial charge in [0.15, 0.2) is 6.19 Å². The van der Waals surface area contributed by atoms with Gasteiger partial charge in [-0.1, -0.05) is 29.8 Å².